The van der Waals surface area contributed by atoms with Crippen molar-refractivity contribution in [1.82, 2.24) is 15.0 Å². The molecule has 3 aromatic carbocycles. The second-order valence-corrected chi connectivity index (χ2v) is 9.65. The highest BCUT2D eigenvalue weighted by molar-refractivity contribution is 7.86. The standard InChI is InChI=1S/C22H17N3O6S2/c26-32(27,28)21-12-5-4-9-17(21)13-14-18-10-6-11-20(22(18)33(29,30)31)25-23-15-19(24-25)16-7-2-1-3-8-16/h1-15H,(H,26,27,28)(H,29,30,31). The number of aromatic nitrogens is 3. The lowest BCUT2D eigenvalue weighted by Gasteiger charge is -2.09. The summed E-state index contributed by atoms with van der Waals surface area (Å²) in [4.78, 5) is 0.294. The first-order chi connectivity index (χ1) is 15.6. The molecule has 0 amide bonds. The summed E-state index contributed by atoms with van der Waals surface area (Å²) in [5.74, 6) is 0. The van der Waals surface area contributed by atoms with Crippen molar-refractivity contribution in [3.63, 3.8) is 0 Å². The smallest absolute Gasteiger partial charge is 0.282 e. The average molecular weight is 484 g/mol. The molecule has 33 heavy (non-hydrogen) atoms. The molecule has 0 aliphatic rings. The largest absolute Gasteiger partial charge is 0.297 e. The predicted octanol–water partition coefficient (Wildman–Crippen LogP) is 3.60. The highest BCUT2D eigenvalue weighted by atomic mass is 32.2. The molecule has 0 fully saturated rings. The number of nitrogens with zero attached hydrogens (tertiary/aromatic N) is 3. The Hall–Kier alpha value is -3.64. The van der Waals surface area contributed by atoms with E-state index in [0.717, 1.165) is 10.4 Å². The van der Waals surface area contributed by atoms with Crippen LogP contribution in [0.2, 0.25) is 0 Å². The summed E-state index contributed by atoms with van der Waals surface area (Å²) in [5.41, 5.74) is 1.48. The van der Waals surface area contributed by atoms with Crippen LogP contribution in [0, 0.1) is 0 Å². The normalized spacial score (nSPS) is 12.3. The van der Waals surface area contributed by atoms with Crippen LogP contribution in [0.3, 0.4) is 0 Å². The van der Waals surface area contributed by atoms with Crippen molar-refractivity contribution < 1.29 is 25.9 Å². The zero-order valence-electron chi connectivity index (χ0n) is 16.8. The summed E-state index contributed by atoms with van der Waals surface area (Å²) >= 11 is 0. The van der Waals surface area contributed by atoms with E-state index in [2.05, 4.69) is 10.2 Å². The lowest BCUT2D eigenvalue weighted by molar-refractivity contribution is 0.480. The van der Waals surface area contributed by atoms with Crippen molar-refractivity contribution in [2.75, 3.05) is 0 Å². The van der Waals surface area contributed by atoms with Crippen LogP contribution < -0.4 is 0 Å². The Bertz CT molecular complexity index is 1560. The van der Waals surface area contributed by atoms with Crippen molar-refractivity contribution in [3.05, 3.63) is 90.1 Å². The molecule has 1 heterocycles. The Kier molecular flexibility index (Phi) is 5.95. The Labute approximate surface area is 190 Å². The van der Waals surface area contributed by atoms with Gasteiger partial charge in [0.15, 0.2) is 0 Å². The zero-order chi connectivity index (χ0) is 23.6. The molecule has 0 aliphatic carbocycles. The fourth-order valence-corrected chi connectivity index (χ4v) is 4.80. The minimum atomic E-state index is -4.73. The van der Waals surface area contributed by atoms with Crippen LogP contribution in [-0.4, -0.2) is 40.9 Å². The molecular weight excluding hydrogens is 466 g/mol. The van der Waals surface area contributed by atoms with E-state index < -0.39 is 25.1 Å². The average Bonchev–Trinajstić information content (AvgIpc) is 3.27. The molecule has 9 nitrogen and oxygen atoms in total. The maximum Gasteiger partial charge on any atom is 0.297 e. The SMILES string of the molecule is O=S(=O)(O)c1ccccc1C=Cc1cccc(-n2ncc(-c3ccccc3)n2)c1S(=O)(=O)O. The summed E-state index contributed by atoms with van der Waals surface area (Å²) in [6, 6.07) is 19.2. The summed E-state index contributed by atoms with van der Waals surface area (Å²) in [6.45, 7) is 0. The van der Waals surface area contributed by atoms with E-state index in [0.29, 0.717) is 5.69 Å². The first-order valence-electron chi connectivity index (χ1n) is 9.48. The van der Waals surface area contributed by atoms with Gasteiger partial charge in [-0.3, -0.25) is 9.11 Å². The molecule has 4 aromatic rings. The van der Waals surface area contributed by atoms with Gasteiger partial charge in [-0.25, -0.2) is 0 Å². The number of hydrogen-bond acceptors (Lipinski definition) is 6. The third kappa shape index (κ3) is 4.91. The van der Waals surface area contributed by atoms with Crippen LogP contribution in [0.15, 0.2) is 88.8 Å². The second kappa shape index (κ2) is 8.71. The second-order valence-electron chi connectivity index (χ2n) is 6.90. The molecule has 2 N–H and O–H groups in total. The monoisotopic (exact) mass is 483 g/mol. The van der Waals surface area contributed by atoms with Gasteiger partial charge < -0.3 is 0 Å². The molecule has 0 radical (unpaired) electrons. The topological polar surface area (TPSA) is 139 Å². The van der Waals surface area contributed by atoms with Crippen LogP contribution in [0.4, 0.5) is 0 Å². The van der Waals surface area contributed by atoms with Gasteiger partial charge in [0.2, 0.25) is 0 Å². The Morgan fingerprint density at radius 1 is 0.727 bits per heavy atom. The minimum Gasteiger partial charge on any atom is -0.282 e. The van der Waals surface area contributed by atoms with Crippen molar-refractivity contribution in [3.8, 4) is 16.9 Å². The third-order valence-corrected chi connectivity index (χ3v) is 6.59. The molecule has 1 aromatic heterocycles. The Morgan fingerprint density at radius 3 is 2.06 bits per heavy atom. The molecule has 0 bridgehead atoms. The van der Waals surface area contributed by atoms with Crippen molar-refractivity contribution in [2.24, 2.45) is 0 Å². The fourth-order valence-electron chi connectivity index (χ4n) is 3.27. The van der Waals surface area contributed by atoms with Gasteiger partial charge in [-0.1, -0.05) is 72.8 Å². The minimum absolute atomic E-state index is 0.00453. The van der Waals surface area contributed by atoms with E-state index in [-0.39, 0.29) is 21.7 Å². The molecule has 0 atom stereocenters. The van der Waals surface area contributed by atoms with Gasteiger partial charge in [0.25, 0.3) is 20.2 Å². The molecule has 0 saturated heterocycles. The van der Waals surface area contributed by atoms with E-state index in [9.17, 15) is 25.9 Å². The first kappa shape index (κ1) is 22.6. The van der Waals surface area contributed by atoms with E-state index in [1.165, 1.54) is 48.7 Å². The molecule has 11 heteroatoms. The highest BCUT2D eigenvalue weighted by Gasteiger charge is 2.22. The van der Waals surface area contributed by atoms with Crippen molar-refractivity contribution in [2.45, 2.75) is 9.79 Å². The van der Waals surface area contributed by atoms with Crippen LogP contribution in [-0.2, 0) is 20.2 Å². The highest BCUT2D eigenvalue weighted by Crippen LogP contribution is 2.27. The van der Waals surface area contributed by atoms with E-state index >= 15 is 0 Å². The fraction of sp³-hybridized carbons (Fsp3) is 0. The van der Waals surface area contributed by atoms with E-state index in [1.54, 1.807) is 12.1 Å². The van der Waals surface area contributed by atoms with Crippen LogP contribution in [0.25, 0.3) is 29.1 Å². The van der Waals surface area contributed by atoms with Crippen LogP contribution in [0.1, 0.15) is 11.1 Å². The number of benzene rings is 3. The van der Waals surface area contributed by atoms with Gasteiger partial charge >= 0.3 is 0 Å². The van der Waals surface area contributed by atoms with Crippen molar-refractivity contribution in [1.29, 1.82) is 0 Å². The van der Waals surface area contributed by atoms with Crippen molar-refractivity contribution >= 4 is 32.4 Å². The number of hydrogen-bond donors (Lipinski definition) is 2. The molecule has 4 rings (SSSR count). The van der Waals surface area contributed by atoms with Gasteiger partial charge in [-0.05, 0) is 23.3 Å². The maximum atomic E-state index is 12.3. The lowest BCUT2D eigenvalue weighted by Crippen LogP contribution is -2.10. The molecule has 168 valence electrons. The molecule has 0 unspecified atom stereocenters. The quantitative estimate of drug-likeness (QED) is 0.313. The first-order valence-corrected chi connectivity index (χ1v) is 12.4. The van der Waals surface area contributed by atoms with Crippen LogP contribution in [0.5, 0.6) is 0 Å². The van der Waals surface area contributed by atoms with E-state index in [4.69, 9.17) is 0 Å². The predicted molar refractivity (Wildman–Crippen MR) is 122 cm³/mol. The van der Waals surface area contributed by atoms with Gasteiger partial charge in [0, 0.05) is 5.56 Å². The molecule has 0 spiro atoms. The van der Waals surface area contributed by atoms with E-state index in [1.807, 2.05) is 30.3 Å². The van der Waals surface area contributed by atoms with Crippen LogP contribution >= 0.6 is 0 Å². The molecular formula is C22H17N3O6S2. The Morgan fingerprint density at radius 2 is 1.36 bits per heavy atom. The summed E-state index contributed by atoms with van der Waals surface area (Å²) < 4.78 is 67.2. The Balaban J connectivity index is 1.83. The number of rotatable bonds is 6. The summed E-state index contributed by atoms with van der Waals surface area (Å²) in [5, 5.41) is 8.46. The molecule has 0 saturated carbocycles. The van der Waals surface area contributed by atoms with Gasteiger partial charge in [0.1, 0.15) is 21.2 Å². The lowest BCUT2D eigenvalue weighted by atomic mass is 10.1. The van der Waals surface area contributed by atoms with Gasteiger partial charge in [-0.2, -0.15) is 21.9 Å². The maximum absolute atomic E-state index is 12.3. The summed E-state index contributed by atoms with van der Waals surface area (Å²) in [6.07, 6.45) is 4.11. The third-order valence-electron chi connectivity index (χ3n) is 4.70. The summed E-state index contributed by atoms with van der Waals surface area (Å²) in [7, 11) is -9.22. The van der Waals surface area contributed by atoms with Gasteiger partial charge in [0.05, 0.1) is 6.20 Å². The molecule has 0 aliphatic heterocycles. The van der Waals surface area contributed by atoms with Gasteiger partial charge in [-0.15, -0.1) is 9.90 Å². The zero-order valence-corrected chi connectivity index (χ0v) is 18.5.